The fourth-order valence-corrected chi connectivity index (χ4v) is 2.39. The first-order valence-electron chi connectivity index (χ1n) is 6.13. The molecule has 0 radical (unpaired) electrons. The Morgan fingerprint density at radius 3 is 2.65 bits per heavy atom. The van der Waals surface area contributed by atoms with Crippen molar-refractivity contribution in [3.63, 3.8) is 0 Å². The van der Waals surface area contributed by atoms with E-state index in [4.69, 9.17) is 16.3 Å². The summed E-state index contributed by atoms with van der Waals surface area (Å²) in [7, 11) is 0. The molecule has 0 atom stereocenters. The Morgan fingerprint density at radius 1 is 1.30 bits per heavy atom. The van der Waals surface area contributed by atoms with Crippen LogP contribution in [0.3, 0.4) is 0 Å². The Morgan fingerprint density at radius 2 is 2.05 bits per heavy atom. The number of rotatable bonds is 5. The number of nitrogens with one attached hydrogen (secondary N) is 1. The van der Waals surface area contributed by atoms with E-state index in [-0.39, 0.29) is 17.4 Å². The zero-order valence-electron chi connectivity index (χ0n) is 11.7. The minimum absolute atomic E-state index is 0.0340. The van der Waals surface area contributed by atoms with Crippen LogP contribution in [0.2, 0.25) is 5.28 Å². The zero-order chi connectivity index (χ0) is 14.8. The molecule has 0 spiro atoms. The first-order chi connectivity index (χ1) is 9.37. The number of thiazole rings is 1. The Kier molecular flexibility index (Phi) is 4.39. The highest BCUT2D eigenvalue weighted by Gasteiger charge is 2.24. The van der Waals surface area contributed by atoms with Crippen molar-refractivity contribution in [1.29, 1.82) is 0 Å². The van der Waals surface area contributed by atoms with E-state index in [2.05, 4.69) is 25.3 Å². The molecule has 2 aromatic rings. The predicted molar refractivity (Wildman–Crippen MR) is 79.4 cm³/mol. The number of halogens is 1. The predicted octanol–water partition coefficient (Wildman–Crippen LogP) is 3.12. The molecule has 0 aliphatic carbocycles. The number of ether oxygens (including phenoxy) is 1. The molecule has 6 nitrogen and oxygen atoms in total. The molecule has 0 unspecified atom stereocenters. The SMILES string of the molecule is CC(C)Oc1nc(Cl)nc(NC(C)(C)c2nccs2)n1. The normalized spacial score (nSPS) is 11.7. The molecule has 0 saturated carbocycles. The van der Waals surface area contributed by atoms with Crippen molar-refractivity contribution >= 4 is 28.9 Å². The van der Waals surface area contributed by atoms with Gasteiger partial charge in [0.1, 0.15) is 5.01 Å². The lowest BCUT2D eigenvalue weighted by Crippen LogP contribution is -2.29. The molecule has 0 aromatic carbocycles. The number of hydrogen-bond donors (Lipinski definition) is 1. The van der Waals surface area contributed by atoms with Crippen molar-refractivity contribution in [2.45, 2.75) is 39.3 Å². The van der Waals surface area contributed by atoms with Crippen LogP contribution in [-0.2, 0) is 5.54 Å². The topological polar surface area (TPSA) is 72.8 Å². The van der Waals surface area contributed by atoms with Crippen LogP contribution in [0, 0.1) is 0 Å². The number of hydrogen-bond acceptors (Lipinski definition) is 7. The first kappa shape index (κ1) is 14.9. The second-order valence-corrected chi connectivity index (χ2v) is 6.20. The van der Waals surface area contributed by atoms with Gasteiger partial charge in [0.25, 0.3) is 0 Å². The molecule has 0 amide bonds. The van der Waals surface area contributed by atoms with Gasteiger partial charge in [-0.3, -0.25) is 0 Å². The van der Waals surface area contributed by atoms with Crippen LogP contribution in [0.25, 0.3) is 0 Å². The van der Waals surface area contributed by atoms with Crippen molar-refractivity contribution in [3.05, 3.63) is 21.9 Å². The first-order valence-corrected chi connectivity index (χ1v) is 7.39. The van der Waals surface area contributed by atoms with Gasteiger partial charge >= 0.3 is 6.01 Å². The molecule has 1 N–H and O–H groups in total. The summed E-state index contributed by atoms with van der Waals surface area (Å²) in [5.41, 5.74) is -0.409. The summed E-state index contributed by atoms with van der Waals surface area (Å²) in [6.07, 6.45) is 1.73. The van der Waals surface area contributed by atoms with Gasteiger partial charge in [0.15, 0.2) is 0 Å². The second kappa shape index (κ2) is 5.88. The van der Waals surface area contributed by atoms with Crippen molar-refractivity contribution in [2.75, 3.05) is 5.32 Å². The highest BCUT2D eigenvalue weighted by molar-refractivity contribution is 7.09. The minimum atomic E-state index is -0.409. The van der Waals surface area contributed by atoms with Crippen molar-refractivity contribution in [1.82, 2.24) is 19.9 Å². The summed E-state index contributed by atoms with van der Waals surface area (Å²) in [6.45, 7) is 7.77. The third-order valence-corrected chi connectivity index (χ3v) is 3.59. The zero-order valence-corrected chi connectivity index (χ0v) is 13.3. The van der Waals surface area contributed by atoms with Crippen molar-refractivity contribution < 1.29 is 4.74 Å². The maximum atomic E-state index is 5.89. The van der Waals surface area contributed by atoms with Crippen molar-refractivity contribution in [3.8, 4) is 6.01 Å². The van der Waals surface area contributed by atoms with E-state index in [1.54, 1.807) is 17.5 Å². The van der Waals surface area contributed by atoms with Gasteiger partial charge in [0, 0.05) is 11.6 Å². The number of nitrogens with zero attached hydrogens (tertiary/aromatic N) is 4. The third kappa shape index (κ3) is 3.77. The molecule has 2 aromatic heterocycles. The monoisotopic (exact) mass is 313 g/mol. The molecule has 0 fully saturated rings. The maximum absolute atomic E-state index is 5.89. The number of aromatic nitrogens is 4. The third-order valence-electron chi connectivity index (χ3n) is 2.32. The van der Waals surface area contributed by atoms with Crippen LogP contribution in [0.5, 0.6) is 6.01 Å². The molecule has 0 saturated heterocycles. The fourth-order valence-electron chi connectivity index (χ4n) is 1.52. The van der Waals surface area contributed by atoms with Gasteiger partial charge in [-0.2, -0.15) is 15.0 Å². The highest BCUT2D eigenvalue weighted by Crippen LogP contribution is 2.26. The number of anilines is 1. The maximum Gasteiger partial charge on any atom is 0.322 e. The summed E-state index contributed by atoms with van der Waals surface area (Å²) in [5.74, 6) is 0.362. The lowest BCUT2D eigenvalue weighted by atomic mass is 10.1. The van der Waals surface area contributed by atoms with Crippen LogP contribution in [0.15, 0.2) is 11.6 Å². The van der Waals surface area contributed by atoms with E-state index in [0.29, 0.717) is 5.95 Å². The van der Waals surface area contributed by atoms with Crippen LogP contribution >= 0.6 is 22.9 Å². The van der Waals surface area contributed by atoms with Crippen molar-refractivity contribution in [2.24, 2.45) is 0 Å². The molecule has 108 valence electrons. The highest BCUT2D eigenvalue weighted by atomic mass is 35.5. The molecule has 0 bridgehead atoms. The standard InChI is InChI=1S/C12H16ClN5OS/c1-7(2)19-11-16-9(13)15-10(17-11)18-12(3,4)8-14-5-6-20-8/h5-7H,1-4H3,(H,15,16,17,18). The molecule has 2 heterocycles. The second-order valence-electron chi connectivity index (χ2n) is 4.96. The van der Waals surface area contributed by atoms with Gasteiger partial charge in [-0.15, -0.1) is 11.3 Å². The molecular formula is C12H16ClN5OS. The summed E-state index contributed by atoms with van der Waals surface area (Å²) >= 11 is 7.45. The van der Waals surface area contributed by atoms with Gasteiger partial charge in [0.05, 0.1) is 11.6 Å². The lowest BCUT2D eigenvalue weighted by molar-refractivity contribution is 0.221. The summed E-state index contributed by atoms with van der Waals surface area (Å²) in [4.78, 5) is 16.5. The van der Waals surface area contributed by atoms with E-state index < -0.39 is 5.54 Å². The van der Waals surface area contributed by atoms with Crippen LogP contribution in [-0.4, -0.2) is 26.0 Å². The van der Waals surface area contributed by atoms with Gasteiger partial charge in [-0.1, -0.05) is 0 Å². The Balaban J connectivity index is 2.23. The van der Waals surface area contributed by atoms with E-state index in [1.807, 2.05) is 33.1 Å². The van der Waals surface area contributed by atoms with E-state index in [1.165, 1.54) is 0 Å². The lowest BCUT2D eigenvalue weighted by Gasteiger charge is -2.23. The summed E-state index contributed by atoms with van der Waals surface area (Å²) in [5, 5.41) is 6.14. The fraction of sp³-hybridized carbons (Fsp3) is 0.500. The summed E-state index contributed by atoms with van der Waals surface area (Å²) in [6, 6.07) is 0.206. The average Bonchev–Trinajstić information content (AvgIpc) is 2.79. The van der Waals surface area contributed by atoms with Gasteiger partial charge < -0.3 is 10.1 Å². The van der Waals surface area contributed by atoms with Gasteiger partial charge in [-0.25, -0.2) is 4.98 Å². The van der Waals surface area contributed by atoms with E-state index >= 15 is 0 Å². The largest absolute Gasteiger partial charge is 0.461 e. The van der Waals surface area contributed by atoms with Crippen LogP contribution in [0.1, 0.15) is 32.7 Å². The minimum Gasteiger partial charge on any atom is -0.461 e. The molecule has 20 heavy (non-hydrogen) atoms. The van der Waals surface area contributed by atoms with Gasteiger partial charge in [-0.05, 0) is 39.3 Å². The Hall–Kier alpha value is -1.47. The average molecular weight is 314 g/mol. The van der Waals surface area contributed by atoms with E-state index in [9.17, 15) is 0 Å². The smallest absolute Gasteiger partial charge is 0.322 e. The van der Waals surface area contributed by atoms with Crippen LogP contribution < -0.4 is 10.1 Å². The molecule has 0 aliphatic rings. The van der Waals surface area contributed by atoms with Crippen LogP contribution in [0.4, 0.5) is 5.95 Å². The summed E-state index contributed by atoms with van der Waals surface area (Å²) < 4.78 is 5.44. The van der Waals surface area contributed by atoms with Gasteiger partial charge in [0.2, 0.25) is 11.2 Å². The Labute approximate surface area is 126 Å². The quantitative estimate of drug-likeness (QED) is 0.914. The molecular weight excluding hydrogens is 298 g/mol. The molecule has 2 rings (SSSR count). The molecule has 8 heteroatoms. The molecule has 0 aliphatic heterocycles. The van der Waals surface area contributed by atoms with E-state index in [0.717, 1.165) is 5.01 Å². The Bertz CT molecular complexity index is 573.